The van der Waals surface area contributed by atoms with Gasteiger partial charge >= 0.3 is 0 Å². The predicted molar refractivity (Wildman–Crippen MR) is 156 cm³/mol. The van der Waals surface area contributed by atoms with Gasteiger partial charge < -0.3 is 9.30 Å². The van der Waals surface area contributed by atoms with E-state index in [1.54, 1.807) is 0 Å². The standard InChI is InChI=1S/C33H23ClN4O/c34-33-36-31(35-32(37-33)21-15-17-26-25-11-5-7-13-29(25)39-30(26)19-21)20-14-16-24-23-10-4-6-12-27(23)38(28(24)18-20)22-8-2-1-3-9-22/h1-12,14-19,26,29-30H,13H2. The van der Waals surface area contributed by atoms with Crippen LogP contribution in [0.5, 0.6) is 0 Å². The Morgan fingerprint density at radius 2 is 1.67 bits per heavy atom. The number of aromatic nitrogens is 4. The zero-order chi connectivity index (χ0) is 25.9. The van der Waals surface area contributed by atoms with E-state index in [2.05, 4.69) is 118 Å². The monoisotopic (exact) mass is 526 g/mol. The van der Waals surface area contributed by atoms with Crippen molar-refractivity contribution in [3.8, 4) is 17.1 Å². The molecule has 3 heterocycles. The molecular weight excluding hydrogens is 504 g/mol. The molecule has 0 bridgehead atoms. The van der Waals surface area contributed by atoms with Crippen LogP contribution in [-0.2, 0) is 4.74 Å². The van der Waals surface area contributed by atoms with Crippen molar-refractivity contribution in [3.63, 3.8) is 0 Å². The van der Waals surface area contributed by atoms with Crippen molar-refractivity contribution in [1.29, 1.82) is 0 Å². The number of para-hydroxylation sites is 2. The highest BCUT2D eigenvalue weighted by Crippen LogP contribution is 2.41. The molecule has 2 aromatic heterocycles. The number of allylic oxidation sites excluding steroid dienone is 4. The Kier molecular flexibility index (Phi) is 5.15. The molecule has 188 valence electrons. The number of benzene rings is 3. The van der Waals surface area contributed by atoms with Crippen LogP contribution in [0.3, 0.4) is 0 Å². The SMILES string of the molecule is Clc1nc(C2=CC3OC4CC=CC=C4C3C=C2)nc(-c2ccc3c4ccccc4n(-c4ccccc4)c3c2)n1. The Hall–Kier alpha value is -4.32. The van der Waals surface area contributed by atoms with Gasteiger partial charge in [0.2, 0.25) is 5.28 Å². The second-order valence-electron chi connectivity index (χ2n) is 10.1. The molecule has 39 heavy (non-hydrogen) atoms. The average Bonchev–Trinajstić information content (AvgIpc) is 3.52. The average molecular weight is 527 g/mol. The molecule has 3 atom stereocenters. The highest BCUT2D eigenvalue weighted by atomic mass is 35.5. The Morgan fingerprint density at radius 3 is 2.59 bits per heavy atom. The molecule has 2 aliphatic carbocycles. The minimum Gasteiger partial charge on any atom is -0.365 e. The first-order valence-corrected chi connectivity index (χ1v) is 13.5. The molecule has 0 N–H and O–H groups in total. The van der Waals surface area contributed by atoms with Gasteiger partial charge in [0, 0.05) is 33.5 Å². The van der Waals surface area contributed by atoms with Crippen molar-refractivity contribution in [2.24, 2.45) is 5.92 Å². The summed E-state index contributed by atoms with van der Waals surface area (Å²) in [6.07, 6.45) is 13.9. The molecule has 3 aromatic carbocycles. The Morgan fingerprint density at radius 1 is 0.846 bits per heavy atom. The van der Waals surface area contributed by atoms with E-state index in [-0.39, 0.29) is 23.4 Å². The Bertz CT molecular complexity index is 1900. The molecule has 1 saturated heterocycles. The largest absolute Gasteiger partial charge is 0.365 e. The predicted octanol–water partition coefficient (Wildman–Crippen LogP) is 7.51. The summed E-state index contributed by atoms with van der Waals surface area (Å²) in [5, 5.41) is 2.54. The van der Waals surface area contributed by atoms with Gasteiger partial charge in [-0.15, -0.1) is 0 Å². The number of hydrogen-bond donors (Lipinski definition) is 0. The maximum atomic E-state index is 6.47. The molecule has 5 nitrogen and oxygen atoms in total. The first kappa shape index (κ1) is 22.6. The smallest absolute Gasteiger partial charge is 0.226 e. The van der Waals surface area contributed by atoms with E-state index in [1.165, 1.54) is 16.3 Å². The summed E-state index contributed by atoms with van der Waals surface area (Å²) >= 11 is 6.47. The zero-order valence-electron chi connectivity index (χ0n) is 20.9. The second-order valence-corrected chi connectivity index (χ2v) is 10.4. The fourth-order valence-corrected chi connectivity index (χ4v) is 6.23. The maximum absolute atomic E-state index is 6.47. The van der Waals surface area contributed by atoms with Crippen LogP contribution in [0.1, 0.15) is 12.2 Å². The normalized spacial score (nSPS) is 21.6. The van der Waals surface area contributed by atoms with Crippen molar-refractivity contribution >= 4 is 39.0 Å². The lowest BCUT2D eigenvalue weighted by molar-refractivity contribution is 0.0743. The van der Waals surface area contributed by atoms with E-state index in [1.807, 2.05) is 6.07 Å². The first-order chi connectivity index (χ1) is 19.2. The van der Waals surface area contributed by atoms with E-state index in [9.17, 15) is 0 Å². The van der Waals surface area contributed by atoms with Crippen LogP contribution in [0.15, 0.2) is 115 Å². The van der Waals surface area contributed by atoms with Gasteiger partial charge in [-0.3, -0.25) is 0 Å². The zero-order valence-corrected chi connectivity index (χ0v) is 21.7. The topological polar surface area (TPSA) is 52.8 Å². The summed E-state index contributed by atoms with van der Waals surface area (Å²) in [4.78, 5) is 13.9. The van der Waals surface area contributed by atoms with Gasteiger partial charge in [-0.25, -0.2) is 4.98 Å². The molecule has 6 heteroatoms. The quantitative estimate of drug-likeness (QED) is 0.244. The number of ether oxygens (including phenoxy) is 1. The molecular formula is C33H23ClN4O. The first-order valence-electron chi connectivity index (χ1n) is 13.2. The molecule has 0 spiro atoms. The lowest BCUT2D eigenvalue weighted by Crippen LogP contribution is -2.16. The van der Waals surface area contributed by atoms with Crippen molar-refractivity contribution in [3.05, 3.63) is 126 Å². The molecule has 0 amide bonds. The van der Waals surface area contributed by atoms with Crippen LogP contribution in [-0.4, -0.2) is 31.7 Å². The van der Waals surface area contributed by atoms with Crippen LogP contribution < -0.4 is 0 Å². The third kappa shape index (κ3) is 3.69. The highest BCUT2D eigenvalue weighted by molar-refractivity contribution is 6.28. The molecule has 5 aromatic rings. The maximum Gasteiger partial charge on any atom is 0.226 e. The number of fused-ring (bicyclic) bond motifs is 6. The van der Waals surface area contributed by atoms with E-state index < -0.39 is 0 Å². The lowest BCUT2D eigenvalue weighted by atomic mass is 9.85. The summed E-state index contributed by atoms with van der Waals surface area (Å²) in [5.74, 6) is 1.35. The fourth-order valence-electron chi connectivity index (χ4n) is 6.07. The summed E-state index contributed by atoms with van der Waals surface area (Å²) < 4.78 is 8.63. The van der Waals surface area contributed by atoms with E-state index in [0.717, 1.165) is 34.3 Å². The van der Waals surface area contributed by atoms with E-state index in [0.29, 0.717) is 11.6 Å². The van der Waals surface area contributed by atoms with Crippen molar-refractivity contribution in [2.45, 2.75) is 18.6 Å². The van der Waals surface area contributed by atoms with Crippen molar-refractivity contribution in [2.75, 3.05) is 0 Å². The molecule has 1 fully saturated rings. The van der Waals surface area contributed by atoms with E-state index in [4.69, 9.17) is 21.3 Å². The third-order valence-corrected chi connectivity index (χ3v) is 8.02. The number of rotatable bonds is 3. The van der Waals surface area contributed by atoms with Gasteiger partial charge in [-0.2, -0.15) is 9.97 Å². The van der Waals surface area contributed by atoms with Gasteiger partial charge in [0.25, 0.3) is 0 Å². The van der Waals surface area contributed by atoms with Crippen molar-refractivity contribution in [1.82, 2.24) is 19.5 Å². The summed E-state index contributed by atoms with van der Waals surface area (Å²) in [6, 6.07) is 25.2. The second kappa shape index (κ2) is 8.87. The molecule has 0 radical (unpaired) electrons. The Labute approximate surface area is 230 Å². The van der Waals surface area contributed by atoms with Gasteiger partial charge in [0.15, 0.2) is 11.6 Å². The molecule has 0 saturated carbocycles. The molecule has 1 aliphatic heterocycles. The minimum absolute atomic E-state index is 0.0296. The number of nitrogens with zero attached hydrogens (tertiary/aromatic N) is 4. The molecule has 8 rings (SSSR count). The van der Waals surface area contributed by atoms with Crippen LogP contribution in [0.25, 0.3) is 44.5 Å². The summed E-state index contributed by atoms with van der Waals surface area (Å²) in [7, 11) is 0. The fraction of sp³-hybridized carbons (Fsp3) is 0.121. The van der Waals surface area contributed by atoms with Crippen LogP contribution in [0.4, 0.5) is 0 Å². The van der Waals surface area contributed by atoms with Crippen molar-refractivity contribution < 1.29 is 4.74 Å². The number of hydrogen-bond acceptors (Lipinski definition) is 4. The highest BCUT2D eigenvalue weighted by Gasteiger charge is 2.38. The van der Waals surface area contributed by atoms with Gasteiger partial charge in [0.05, 0.1) is 23.2 Å². The summed E-state index contributed by atoms with van der Waals surface area (Å²) in [6.45, 7) is 0. The van der Waals surface area contributed by atoms with Crippen LogP contribution >= 0.6 is 11.6 Å². The minimum atomic E-state index is -0.0296. The van der Waals surface area contributed by atoms with Crippen LogP contribution in [0.2, 0.25) is 5.28 Å². The van der Waals surface area contributed by atoms with Gasteiger partial charge in [-0.05, 0) is 53.9 Å². The van der Waals surface area contributed by atoms with Gasteiger partial charge in [0.1, 0.15) is 0 Å². The van der Waals surface area contributed by atoms with Gasteiger partial charge in [-0.1, -0.05) is 78.9 Å². The number of halogens is 1. The Balaban J connectivity index is 1.23. The van der Waals surface area contributed by atoms with Crippen LogP contribution in [0, 0.1) is 5.92 Å². The molecule has 3 aliphatic rings. The summed E-state index contributed by atoms with van der Waals surface area (Å²) in [5.41, 5.74) is 6.45. The van der Waals surface area contributed by atoms with E-state index >= 15 is 0 Å². The lowest BCUT2D eigenvalue weighted by Gasteiger charge is -2.18. The molecule has 3 unspecified atom stereocenters. The third-order valence-electron chi connectivity index (χ3n) is 7.85.